The van der Waals surface area contributed by atoms with E-state index < -0.39 is 0 Å². The van der Waals surface area contributed by atoms with Gasteiger partial charge in [-0.15, -0.1) is 0 Å². The molecular weight excluding hydrogens is 258 g/mol. The van der Waals surface area contributed by atoms with Crippen molar-refractivity contribution >= 4 is 0 Å². The summed E-state index contributed by atoms with van der Waals surface area (Å²) in [5.74, 6) is 1.90. The van der Waals surface area contributed by atoms with Gasteiger partial charge in [0.05, 0.1) is 0 Å². The highest BCUT2D eigenvalue weighted by Gasteiger charge is 2.28. The fraction of sp³-hybridized carbons (Fsp3) is 0.500. The van der Waals surface area contributed by atoms with Crippen LogP contribution in [0.5, 0.6) is 0 Å². The minimum atomic E-state index is 0.500. The third-order valence-corrected chi connectivity index (χ3v) is 4.73. The summed E-state index contributed by atoms with van der Waals surface area (Å²) in [5, 5.41) is 3.71. The van der Waals surface area contributed by atoms with Gasteiger partial charge < -0.3 is 9.88 Å². The Morgan fingerprint density at radius 2 is 2.19 bits per heavy atom. The van der Waals surface area contributed by atoms with Crippen LogP contribution in [0.4, 0.5) is 0 Å². The van der Waals surface area contributed by atoms with Crippen molar-refractivity contribution in [3.63, 3.8) is 0 Å². The number of aromatic nitrogens is 2. The zero-order chi connectivity index (χ0) is 14.7. The van der Waals surface area contributed by atoms with Gasteiger partial charge in [0, 0.05) is 31.9 Å². The van der Waals surface area contributed by atoms with Crippen LogP contribution in [-0.4, -0.2) is 16.1 Å². The van der Waals surface area contributed by atoms with E-state index in [4.69, 9.17) is 0 Å². The smallest absolute Gasteiger partial charge is 0.108 e. The van der Waals surface area contributed by atoms with Crippen molar-refractivity contribution in [2.75, 3.05) is 6.54 Å². The van der Waals surface area contributed by atoms with Gasteiger partial charge in [0.25, 0.3) is 0 Å². The highest BCUT2D eigenvalue weighted by atomic mass is 15.0. The average Bonchev–Trinajstić information content (AvgIpc) is 2.92. The monoisotopic (exact) mass is 283 g/mol. The normalized spacial score (nSPS) is 21.2. The van der Waals surface area contributed by atoms with Crippen LogP contribution < -0.4 is 5.32 Å². The molecule has 0 aliphatic heterocycles. The largest absolute Gasteiger partial charge is 0.338 e. The van der Waals surface area contributed by atoms with E-state index in [2.05, 4.69) is 53.1 Å². The van der Waals surface area contributed by atoms with Crippen LogP contribution in [0.2, 0.25) is 0 Å². The summed E-state index contributed by atoms with van der Waals surface area (Å²) in [4.78, 5) is 4.46. The predicted octanol–water partition coefficient (Wildman–Crippen LogP) is 3.27. The number of nitrogens with zero attached hydrogens (tertiary/aromatic N) is 2. The van der Waals surface area contributed by atoms with Crippen LogP contribution in [0.1, 0.15) is 42.8 Å². The fourth-order valence-corrected chi connectivity index (χ4v) is 3.59. The molecule has 0 amide bonds. The first-order valence-electron chi connectivity index (χ1n) is 8.07. The molecule has 1 N–H and O–H groups in total. The molecule has 1 aliphatic carbocycles. The van der Waals surface area contributed by atoms with E-state index in [-0.39, 0.29) is 0 Å². The summed E-state index contributed by atoms with van der Waals surface area (Å²) in [6.45, 7) is 3.23. The first kappa shape index (κ1) is 14.3. The van der Waals surface area contributed by atoms with Crippen LogP contribution in [-0.2, 0) is 19.9 Å². The lowest BCUT2D eigenvalue weighted by molar-refractivity contribution is 0.305. The molecule has 0 saturated carbocycles. The van der Waals surface area contributed by atoms with Crippen molar-refractivity contribution < 1.29 is 0 Å². The number of hydrogen-bond donors (Lipinski definition) is 1. The molecule has 21 heavy (non-hydrogen) atoms. The molecule has 2 unspecified atom stereocenters. The molecule has 1 aliphatic rings. The van der Waals surface area contributed by atoms with Crippen molar-refractivity contribution in [3.8, 4) is 0 Å². The number of rotatable bonds is 5. The number of imidazole rings is 1. The number of fused-ring (bicyclic) bond motifs is 1. The molecule has 0 spiro atoms. The maximum Gasteiger partial charge on any atom is 0.108 e. The molecule has 3 nitrogen and oxygen atoms in total. The van der Waals surface area contributed by atoms with Gasteiger partial charge in [0.15, 0.2) is 0 Å². The molecule has 112 valence electrons. The van der Waals surface area contributed by atoms with Gasteiger partial charge in [-0.3, -0.25) is 0 Å². The topological polar surface area (TPSA) is 29.9 Å². The highest BCUT2D eigenvalue weighted by molar-refractivity contribution is 5.33. The Kier molecular flexibility index (Phi) is 4.39. The molecule has 0 radical (unpaired) electrons. The lowest BCUT2D eigenvalue weighted by atomic mass is 9.77. The standard InChI is InChI=1S/C18H25N3/c1-3-19-18-15(10-11-17-20-12-13-21(17)2)9-8-14-6-4-5-7-16(14)18/h4-7,12-13,15,18-19H,3,8-11H2,1-2H3. The second-order valence-corrected chi connectivity index (χ2v) is 6.03. The second-order valence-electron chi connectivity index (χ2n) is 6.03. The van der Waals surface area contributed by atoms with E-state index in [9.17, 15) is 0 Å². The molecule has 0 fully saturated rings. The van der Waals surface area contributed by atoms with E-state index in [1.807, 2.05) is 12.4 Å². The Morgan fingerprint density at radius 1 is 1.33 bits per heavy atom. The minimum absolute atomic E-state index is 0.500. The number of benzene rings is 1. The summed E-state index contributed by atoms with van der Waals surface area (Å²) in [6.07, 6.45) is 8.69. The van der Waals surface area contributed by atoms with Gasteiger partial charge in [-0.1, -0.05) is 31.2 Å². The molecule has 1 aromatic heterocycles. The van der Waals surface area contributed by atoms with Crippen LogP contribution >= 0.6 is 0 Å². The number of nitrogens with one attached hydrogen (secondary N) is 1. The molecule has 0 bridgehead atoms. The highest BCUT2D eigenvalue weighted by Crippen LogP contribution is 2.36. The number of aryl methyl sites for hydroxylation is 3. The summed E-state index contributed by atoms with van der Waals surface area (Å²) >= 11 is 0. The lowest BCUT2D eigenvalue weighted by Gasteiger charge is -2.34. The maximum atomic E-state index is 4.46. The van der Waals surface area contributed by atoms with E-state index in [1.54, 1.807) is 0 Å². The van der Waals surface area contributed by atoms with Crippen molar-refractivity contribution in [3.05, 3.63) is 53.6 Å². The number of hydrogen-bond acceptors (Lipinski definition) is 2. The Bertz CT molecular complexity index is 588. The third-order valence-electron chi connectivity index (χ3n) is 4.73. The molecular formula is C18H25N3. The second kappa shape index (κ2) is 6.44. The molecule has 2 atom stereocenters. The predicted molar refractivity (Wildman–Crippen MR) is 86.2 cm³/mol. The average molecular weight is 283 g/mol. The summed E-state index contributed by atoms with van der Waals surface area (Å²) in [5.41, 5.74) is 3.03. The van der Waals surface area contributed by atoms with E-state index in [0.717, 1.165) is 13.0 Å². The van der Waals surface area contributed by atoms with Gasteiger partial charge >= 0.3 is 0 Å². The van der Waals surface area contributed by atoms with Gasteiger partial charge in [0.1, 0.15) is 5.82 Å². The van der Waals surface area contributed by atoms with E-state index in [1.165, 1.54) is 36.2 Å². The maximum absolute atomic E-state index is 4.46. The van der Waals surface area contributed by atoms with Crippen LogP contribution in [0, 0.1) is 5.92 Å². The summed E-state index contributed by atoms with van der Waals surface area (Å²) < 4.78 is 2.14. The lowest BCUT2D eigenvalue weighted by Crippen LogP contribution is -2.32. The van der Waals surface area contributed by atoms with Gasteiger partial charge in [-0.2, -0.15) is 0 Å². The van der Waals surface area contributed by atoms with Crippen LogP contribution in [0.25, 0.3) is 0 Å². The SMILES string of the molecule is CCNC1c2ccccc2CCC1CCc1nccn1C. The Morgan fingerprint density at radius 3 is 2.95 bits per heavy atom. The van der Waals surface area contributed by atoms with Crippen LogP contribution in [0.15, 0.2) is 36.7 Å². The zero-order valence-electron chi connectivity index (χ0n) is 13.0. The van der Waals surface area contributed by atoms with Gasteiger partial charge in [0.2, 0.25) is 0 Å². The third kappa shape index (κ3) is 3.03. The Balaban J connectivity index is 1.74. The van der Waals surface area contributed by atoms with E-state index >= 15 is 0 Å². The van der Waals surface area contributed by atoms with E-state index in [0.29, 0.717) is 12.0 Å². The summed E-state index contributed by atoms with van der Waals surface area (Å²) in [6, 6.07) is 9.42. The zero-order valence-corrected chi connectivity index (χ0v) is 13.0. The Labute approximate surface area is 127 Å². The minimum Gasteiger partial charge on any atom is -0.338 e. The molecule has 2 aromatic rings. The van der Waals surface area contributed by atoms with Crippen molar-refractivity contribution in [2.45, 2.75) is 38.6 Å². The van der Waals surface area contributed by atoms with Gasteiger partial charge in [-0.05, 0) is 42.9 Å². The van der Waals surface area contributed by atoms with Crippen LogP contribution in [0.3, 0.4) is 0 Å². The van der Waals surface area contributed by atoms with Crippen molar-refractivity contribution in [1.82, 2.24) is 14.9 Å². The first-order chi connectivity index (χ1) is 10.3. The van der Waals surface area contributed by atoms with Crippen molar-refractivity contribution in [2.24, 2.45) is 13.0 Å². The molecule has 0 saturated heterocycles. The molecule has 3 rings (SSSR count). The Hall–Kier alpha value is -1.61. The van der Waals surface area contributed by atoms with Crippen molar-refractivity contribution in [1.29, 1.82) is 0 Å². The fourth-order valence-electron chi connectivity index (χ4n) is 3.59. The van der Waals surface area contributed by atoms with Gasteiger partial charge in [-0.25, -0.2) is 4.98 Å². The first-order valence-corrected chi connectivity index (χ1v) is 8.07. The molecule has 1 aromatic carbocycles. The molecule has 3 heteroatoms. The summed E-state index contributed by atoms with van der Waals surface area (Å²) in [7, 11) is 2.08. The quantitative estimate of drug-likeness (QED) is 0.912. The molecule has 1 heterocycles.